The molecule has 2 atom stereocenters. The summed E-state index contributed by atoms with van der Waals surface area (Å²) in [5.41, 5.74) is 4.55. The molecule has 44 heavy (non-hydrogen) atoms. The van der Waals surface area contributed by atoms with Crippen LogP contribution in [0.3, 0.4) is 0 Å². The molecular formula is C33H32N6O5. The number of carbonyl (C=O) groups is 3. The van der Waals surface area contributed by atoms with Crippen LogP contribution >= 0.6 is 0 Å². The van der Waals surface area contributed by atoms with Crippen LogP contribution in [0.1, 0.15) is 28.3 Å². The lowest BCUT2D eigenvalue weighted by molar-refractivity contribution is -0.141. The summed E-state index contributed by atoms with van der Waals surface area (Å²) in [6.45, 7) is 2.88. The van der Waals surface area contributed by atoms with Gasteiger partial charge in [0.15, 0.2) is 0 Å². The number of carboxylic acid groups (broad SMARTS) is 1. The number of phenolic OH excluding ortho intramolecular Hbond substituents is 1. The van der Waals surface area contributed by atoms with Crippen LogP contribution in [-0.4, -0.2) is 68.5 Å². The first-order valence-corrected chi connectivity index (χ1v) is 14.0. The highest BCUT2D eigenvalue weighted by molar-refractivity contribution is 5.98. The number of carbonyl (C=O) groups excluding carboxylic acids is 2. The Morgan fingerprint density at radius 3 is 2.52 bits per heavy atom. The Bertz CT molecular complexity index is 1740. The van der Waals surface area contributed by atoms with Crippen molar-refractivity contribution in [3.8, 4) is 28.8 Å². The normalized spacial score (nSPS) is 15.0. The zero-order valence-electron chi connectivity index (χ0n) is 24.2. The second-order valence-corrected chi connectivity index (χ2v) is 10.4. The van der Waals surface area contributed by atoms with Crippen molar-refractivity contribution >= 4 is 23.6 Å². The fraction of sp³-hybridized carbons (Fsp3) is 0.212. The monoisotopic (exact) mass is 592 g/mol. The number of anilines is 1. The standard InChI is InChI=1S/C33H32N6O5/c1-21-8-15-28(40)26(18-21)29-24(20-38(2)37-29)12-9-22-10-13-25(14-11-22)35-31(41)27-19-34-16-17-39(27)32(42)30(36-33(43)44)23-6-4-3-5-7-23/h3-8,10-11,13-15,18,20,27,30,34,36,40H,16-17,19H2,1-2H3,(H,35,41)(H,43,44)/t27-,30+/m0/s1. The van der Waals surface area contributed by atoms with Crippen LogP contribution in [0.4, 0.5) is 10.5 Å². The molecule has 0 aliphatic carbocycles. The Labute approximate surface area is 254 Å². The first-order chi connectivity index (χ1) is 21.2. The Balaban J connectivity index is 1.30. The lowest BCUT2D eigenvalue weighted by Crippen LogP contribution is -2.60. The largest absolute Gasteiger partial charge is 0.507 e. The van der Waals surface area contributed by atoms with Crippen molar-refractivity contribution in [2.24, 2.45) is 7.05 Å². The maximum atomic E-state index is 13.5. The zero-order valence-corrected chi connectivity index (χ0v) is 24.2. The minimum absolute atomic E-state index is 0.125. The molecule has 1 aliphatic rings. The van der Waals surface area contributed by atoms with E-state index in [1.54, 1.807) is 78.6 Å². The fourth-order valence-corrected chi connectivity index (χ4v) is 5.05. The predicted octanol–water partition coefficient (Wildman–Crippen LogP) is 3.25. The quantitative estimate of drug-likeness (QED) is 0.216. The molecule has 3 aromatic carbocycles. The molecule has 5 N–H and O–H groups in total. The maximum Gasteiger partial charge on any atom is 0.405 e. The van der Waals surface area contributed by atoms with Gasteiger partial charge >= 0.3 is 6.09 Å². The minimum Gasteiger partial charge on any atom is -0.507 e. The van der Waals surface area contributed by atoms with Gasteiger partial charge in [-0.3, -0.25) is 14.3 Å². The number of benzene rings is 3. The highest BCUT2D eigenvalue weighted by Gasteiger charge is 2.36. The summed E-state index contributed by atoms with van der Waals surface area (Å²) in [7, 11) is 1.79. The summed E-state index contributed by atoms with van der Waals surface area (Å²) in [5.74, 6) is 5.47. The van der Waals surface area contributed by atoms with E-state index >= 15 is 0 Å². The Morgan fingerprint density at radius 1 is 1.05 bits per heavy atom. The van der Waals surface area contributed by atoms with Gasteiger partial charge in [0.2, 0.25) is 5.91 Å². The molecular weight excluding hydrogens is 560 g/mol. The summed E-state index contributed by atoms with van der Waals surface area (Å²) in [5, 5.41) is 32.5. The summed E-state index contributed by atoms with van der Waals surface area (Å²) in [4.78, 5) is 39.8. The van der Waals surface area contributed by atoms with Gasteiger partial charge in [0.25, 0.3) is 5.91 Å². The lowest BCUT2D eigenvalue weighted by atomic mass is 10.0. The topological polar surface area (TPSA) is 149 Å². The Kier molecular flexibility index (Phi) is 8.93. The van der Waals surface area contributed by atoms with Crippen molar-refractivity contribution < 1.29 is 24.6 Å². The first-order valence-electron chi connectivity index (χ1n) is 14.0. The van der Waals surface area contributed by atoms with Crippen LogP contribution in [0.25, 0.3) is 11.3 Å². The van der Waals surface area contributed by atoms with Crippen molar-refractivity contribution in [2.45, 2.75) is 19.0 Å². The van der Waals surface area contributed by atoms with Crippen molar-refractivity contribution in [3.05, 3.63) is 101 Å². The van der Waals surface area contributed by atoms with Crippen molar-refractivity contribution in [1.29, 1.82) is 0 Å². The van der Waals surface area contributed by atoms with Crippen LogP contribution < -0.4 is 16.0 Å². The molecule has 3 amide bonds. The smallest absolute Gasteiger partial charge is 0.405 e. The number of nitrogens with zero attached hydrogens (tertiary/aromatic N) is 3. The van der Waals surface area contributed by atoms with E-state index in [-0.39, 0.29) is 18.8 Å². The summed E-state index contributed by atoms with van der Waals surface area (Å²) >= 11 is 0. The van der Waals surface area contributed by atoms with E-state index in [2.05, 4.69) is 32.9 Å². The van der Waals surface area contributed by atoms with E-state index in [1.807, 2.05) is 19.1 Å². The fourth-order valence-electron chi connectivity index (χ4n) is 5.05. The number of phenols is 1. The SMILES string of the molecule is Cc1ccc(O)c(-c2nn(C)cc2C#Cc2ccc(NC(=O)[C@@H]3CNCCN3C(=O)[C@H](NC(=O)O)c3ccccc3)cc2)c1. The molecule has 0 spiro atoms. The average molecular weight is 593 g/mol. The van der Waals surface area contributed by atoms with E-state index in [4.69, 9.17) is 0 Å². The molecule has 0 bridgehead atoms. The number of aryl methyl sites for hydroxylation is 2. The average Bonchev–Trinajstić information content (AvgIpc) is 3.40. The van der Waals surface area contributed by atoms with Gasteiger partial charge in [-0.1, -0.05) is 53.8 Å². The van der Waals surface area contributed by atoms with E-state index in [1.165, 1.54) is 4.90 Å². The Hall–Kier alpha value is -5.60. The highest BCUT2D eigenvalue weighted by atomic mass is 16.4. The summed E-state index contributed by atoms with van der Waals surface area (Å²) in [6, 6.07) is 18.9. The van der Waals surface area contributed by atoms with Gasteiger partial charge in [0, 0.05) is 49.7 Å². The number of rotatable bonds is 6. The molecule has 4 aromatic rings. The van der Waals surface area contributed by atoms with Crippen LogP contribution in [0.5, 0.6) is 5.75 Å². The molecule has 1 aliphatic heterocycles. The van der Waals surface area contributed by atoms with Gasteiger partial charge in [0.05, 0.1) is 5.56 Å². The number of hydrogen-bond donors (Lipinski definition) is 5. The molecule has 11 heteroatoms. The van der Waals surface area contributed by atoms with Gasteiger partial charge < -0.3 is 31.1 Å². The van der Waals surface area contributed by atoms with Crippen LogP contribution in [0.2, 0.25) is 0 Å². The molecule has 1 fully saturated rings. The van der Waals surface area contributed by atoms with E-state index in [9.17, 15) is 24.6 Å². The van der Waals surface area contributed by atoms with Gasteiger partial charge in [-0.05, 0) is 48.9 Å². The second kappa shape index (κ2) is 13.1. The molecule has 0 radical (unpaired) electrons. The number of aromatic hydroxyl groups is 1. The van der Waals surface area contributed by atoms with Crippen LogP contribution in [0, 0.1) is 18.8 Å². The molecule has 1 aromatic heterocycles. The Morgan fingerprint density at radius 2 is 1.80 bits per heavy atom. The van der Waals surface area contributed by atoms with E-state index < -0.39 is 30.0 Å². The van der Waals surface area contributed by atoms with Crippen LogP contribution in [0.15, 0.2) is 79.0 Å². The third-order valence-corrected chi connectivity index (χ3v) is 7.21. The minimum atomic E-state index is -1.33. The summed E-state index contributed by atoms with van der Waals surface area (Å²) in [6.07, 6.45) is 0.456. The van der Waals surface area contributed by atoms with Gasteiger partial charge in [-0.2, -0.15) is 5.10 Å². The maximum absolute atomic E-state index is 13.5. The number of aromatic nitrogens is 2. The second-order valence-electron chi connectivity index (χ2n) is 10.4. The van der Waals surface area contributed by atoms with Crippen molar-refractivity contribution in [2.75, 3.05) is 25.0 Å². The highest BCUT2D eigenvalue weighted by Crippen LogP contribution is 2.31. The lowest BCUT2D eigenvalue weighted by Gasteiger charge is -2.37. The van der Waals surface area contributed by atoms with E-state index in [0.717, 1.165) is 5.56 Å². The molecule has 2 heterocycles. The molecule has 1 saturated heterocycles. The predicted molar refractivity (Wildman–Crippen MR) is 165 cm³/mol. The van der Waals surface area contributed by atoms with Gasteiger partial charge in [0.1, 0.15) is 23.5 Å². The van der Waals surface area contributed by atoms with Gasteiger partial charge in [-0.15, -0.1) is 0 Å². The van der Waals surface area contributed by atoms with Gasteiger partial charge in [-0.25, -0.2) is 4.79 Å². The molecule has 11 nitrogen and oxygen atoms in total. The third-order valence-electron chi connectivity index (χ3n) is 7.21. The van der Waals surface area contributed by atoms with Crippen molar-refractivity contribution in [1.82, 2.24) is 25.3 Å². The number of nitrogens with one attached hydrogen (secondary N) is 3. The van der Waals surface area contributed by atoms with Crippen LogP contribution in [-0.2, 0) is 16.6 Å². The number of hydrogen-bond acceptors (Lipinski definition) is 6. The first kappa shape index (κ1) is 29.9. The molecule has 0 saturated carbocycles. The van der Waals surface area contributed by atoms with Crippen molar-refractivity contribution in [3.63, 3.8) is 0 Å². The van der Waals surface area contributed by atoms with E-state index in [0.29, 0.717) is 40.2 Å². The molecule has 224 valence electrons. The number of amides is 3. The number of piperazine rings is 1. The summed E-state index contributed by atoms with van der Waals surface area (Å²) < 4.78 is 1.65. The third kappa shape index (κ3) is 6.88. The molecule has 0 unspecified atom stereocenters. The molecule has 5 rings (SSSR count). The zero-order chi connectivity index (χ0) is 31.2.